The molecule has 0 unspecified atom stereocenters. The van der Waals surface area contributed by atoms with Crippen LogP contribution in [0.5, 0.6) is 17.2 Å². The van der Waals surface area contributed by atoms with Crippen molar-refractivity contribution in [2.24, 2.45) is 5.10 Å². The summed E-state index contributed by atoms with van der Waals surface area (Å²) in [6.45, 7) is -0.149. The fourth-order valence-corrected chi connectivity index (χ4v) is 3.04. The molecule has 0 bridgehead atoms. The van der Waals surface area contributed by atoms with Gasteiger partial charge in [0.05, 0.1) is 24.9 Å². The maximum Gasteiger partial charge on any atom is 0.277 e. The van der Waals surface area contributed by atoms with Crippen molar-refractivity contribution in [1.29, 1.82) is 0 Å². The minimum absolute atomic E-state index is 0.149. The largest absolute Gasteiger partial charge is 0.493 e. The van der Waals surface area contributed by atoms with Gasteiger partial charge in [0.2, 0.25) is 0 Å². The van der Waals surface area contributed by atoms with Crippen LogP contribution < -0.4 is 19.6 Å². The summed E-state index contributed by atoms with van der Waals surface area (Å²) >= 11 is 6.72. The third-order valence-corrected chi connectivity index (χ3v) is 4.18. The molecule has 132 valence electrons. The summed E-state index contributed by atoms with van der Waals surface area (Å²) in [4.78, 5) is 11.8. The van der Waals surface area contributed by atoms with Crippen LogP contribution >= 0.6 is 31.9 Å². The maximum atomic E-state index is 11.8. The number of hydrogen-bond acceptors (Lipinski definition) is 5. The van der Waals surface area contributed by atoms with Gasteiger partial charge >= 0.3 is 0 Å². The lowest BCUT2D eigenvalue weighted by Crippen LogP contribution is -2.24. The van der Waals surface area contributed by atoms with Gasteiger partial charge in [-0.3, -0.25) is 4.79 Å². The fourth-order valence-electron chi connectivity index (χ4n) is 1.88. The molecule has 0 aliphatic carbocycles. The minimum atomic E-state index is -0.369. The zero-order chi connectivity index (χ0) is 18.2. The van der Waals surface area contributed by atoms with E-state index in [0.29, 0.717) is 17.2 Å². The van der Waals surface area contributed by atoms with Crippen molar-refractivity contribution >= 4 is 44.0 Å². The van der Waals surface area contributed by atoms with Gasteiger partial charge in [-0.2, -0.15) is 5.10 Å². The second kappa shape index (κ2) is 9.43. The number of methoxy groups -OCH3 is 2. The number of carbonyl (C=O) groups is 1. The third kappa shape index (κ3) is 5.75. The predicted octanol–water partition coefficient (Wildman–Crippen LogP) is 3.76. The molecule has 0 saturated heterocycles. The summed E-state index contributed by atoms with van der Waals surface area (Å²) in [7, 11) is 3.12. The van der Waals surface area contributed by atoms with Gasteiger partial charge in [0.25, 0.3) is 5.91 Å². The summed E-state index contributed by atoms with van der Waals surface area (Å²) in [5, 5.41) is 3.90. The highest BCUT2D eigenvalue weighted by Gasteiger charge is 2.06. The number of carbonyl (C=O) groups excluding carboxylic acids is 1. The molecule has 2 aromatic carbocycles. The molecule has 6 nitrogen and oxygen atoms in total. The first-order valence-electron chi connectivity index (χ1n) is 7.15. The van der Waals surface area contributed by atoms with E-state index in [9.17, 15) is 4.79 Å². The molecule has 0 saturated carbocycles. The summed E-state index contributed by atoms with van der Waals surface area (Å²) < 4.78 is 17.5. The number of nitrogens with one attached hydrogen (secondary N) is 1. The number of rotatable bonds is 7. The van der Waals surface area contributed by atoms with Crippen LogP contribution in [-0.2, 0) is 4.79 Å². The molecule has 1 amide bonds. The number of amides is 1. The first-order valence-corrected chi connectivity index (χ1v) is 8.74. The zero-order valence-electron chi connectivity index (χ0n) is 13.6. The second-order valence-electron chi connectivity index (χ2n) is 4.77. The average molecular weight is 472 g/mol. The average Bonchev–Trinajstić information content (AvgIpc) is 2.60. The van der Waals surface area contributed by atoms with Gasteiger partial charge in [0, 0.05) is 4.47 Å². The molecular weight excluding hydrogens is 456 g/mol. The van der Waals surface area contributed by atoms with Gasteiger partial charge in [0.15, 0.2) is 18.1 Å². The van der Waals surface area contributed by atoms with Gasteiger partial charge in [-0.1, -0.05) is 15.9 Å². The molecule has 0 aromatic heterocycles. The van der Waals surface area contributed by atoms with Crippen molar-refractivity contribution in [1.82, 2.24) is 5.43 Å². The van der Waals surface area contributed by atoms with Crippen LogP contribution in [0.15, 0.2) is 50.4 Å². The van der Waals surface area contributed by atoms with Crippen LogP contribution in [0.1, 0.15) is 5.56 Å². The van der Waals surface area contributed by atoms with E-state index in [1.807, 2.05) is 12.1 Å². The standard InChI is InChI=1S/C17H16Br2N2O4/c1-23-15-5-3-11(7-16(15)24-2)9-20-21-17(22)10-25-14-6-4-12(18)8-13(14)19/h3-9H,10H2,1-2H3,(H,21,22)/b20-9+. The molecule has 0 atom stereocenters. The highest BCUT2D eigenvalue weighted by Crippen LogP contribution is 2.28. The van der Waals surface area contributed by atoms with Crippen LogP contribution in [0.2, 0.25) is 0 Å². The van der Waals surface area contributed by atoms with E-state index in [-0.39, 0.29) is 12.5 Å². The molecule has 0 heterocycles. The molecule has 25 heavy (non-hydrogen) atoms. The van der Waals surface area contributed by atoms with E-state index < -0.39 is 0 Å². The lowest BCUT2D eigenvalue weighted by molar-refractivity contribution is -0.123. The Labute approximate surface area is 162 Å². The number of halogens is 2. The maximum absolute atomic E-state index is 11.8. The van der Waals surface area contributed by atoms with Gasteiger partial charge < -0.3 is 14.2 Å². The van der Waals surface area contributed by atoms with E-state index in [2.05, 4.69) is 42.4 Å². The summed E-state index contributed by atoms with van der Waals surface area (Å²) in [5.74, 6) is 1.41. The topological polar surface area (TPSA) is 69.2 Å². The molecule has 0 aliphatic rings. The smallest absolute Gasteiger partial charge is 0.277 e. The van der Waals surface area contributed by atoms with E-state index in [1.165, 1.54) is 6.21 Å². The Bertz CT molecular complexity index is 781. The van der Waals surface area contributed by atoms with Crippen LogP contribution in [-0.4, -0.2) is 32.9 Å². The molecule has 8 heteroatoms. The summed E-state index contributed by atoms with van der Waals surface area (Å²) in [6.07, 6.45) is 1.51. The lowest BCUT2D eigenvalue weighted by Gasteiger charge is -2.08. The van der Waals surface area contributed by atoms with Crippen molar-refractivity contribution in [3.63, 3.8) is 0 Å². The molecule has 0 fully saturated rings. The fraction of sp³-hybridized carbons (Fsp3) is 0.176. The van der Waals surface area contributed by atoms with Crippen molar-refractivity contribution in [2.75, 3.05) is 20.8 Å². The molecule has 0 spiro atoms. The number of hydrazone groups is 1. The third-order valence-electron chi connectivity index (χ3n) is 3.06. The van der Waals surface area contributed by atoms with Crippen molar-refractivity contribution < 1.29 is 19.0 Å². The number of ether oxygens (including phenoxy) is 3. The number of benzene rings is 2. The van der Waals surface area contributed by atoms with Crippen LogP contribution in [0, 0.1) is 0 Å². The van der Waals surface area contributed by atoms with Gasteiger partial charge in [-0.25, -0.2) is 5.43 Å². The van der Waals surface area contributed by atoms with Gasteiger partial charge in [-0.05, 0) is 57.9 Å². The highest BCUT2D eigenvalue weighted by atomic mass is 79.9. The lowest BCUT2D eigenvalue weighted by atomic mass is 10.2. The quantitative estimate of drug-likeness (QED) is 0.493. The molecule has 1 N–H and O–H groups in total. The zero-order valence-corrected chi connectivity index (χ0v) is 16.8. The summed E-state index contributed by atoms with van der Waals surface area (Å²) in [6, 6.07) is 10.7. The highest BCUT2D eigenvalue weighted by molar-refractivity contribution is 9.11. The number of hydrogen-bond donors (Lipinski definition) is 1. The Morgan fingerprint density at radius 2 is 1.80 bits per heavy atom. The molecular formula is C17H16Br2N2O4. The molecule has 0 radical (unpaired) electrons. The van der Waals surface area contributed by atoms with Crippen LogP contribution in [0.25, 0.3) is 0 Å². The van der Waals surface area contributed by atoms with E-state index in [1.54, 1.807) is 38.5 Å². The van der Waals surface area contributed by atoms with Crippen molar-refractivity contribution in [2.45, 2.75) is 0 Å². The van der Waals surface area contributed by atoms with E-state index >= 15 is 0 Å². The predicted molar refractivity (Wildman–Crippen MR) is 103 cm³/mol. The van der Waals surface area contributed by atoms with Crippen molar-refractivity contribution in [3.8, 4) is 17.2 Å². The number of nitrogens with zero attached hydrogens (tertiary/aromatic N) is 1. The van der Waals surface area contributed by atoms with E-state index in [4.69, 9.17) is 14.2 Å². The van der Waals surface area contributed by atoms with Crippen molar-refractivity contribution in [3.05, 3.63) is 50.9 Å². The van der Waals surface area contributed by atoms with Gasteiger partial charge in [0.1, 0.15) is 5.75 Å². The first kappa shape index (κ1) is 19.3. The van der Waals surface area contributed by atoms with Crippen LogP contribution in [0.4, 0.5) is 0 Å². The van der Waals surface area contributed by atoms with Crippen LogP contribution in [0.3, 0.4) is 0 Å². The Balaban J connectivity index is 1.88. The Hall–Kier alpha value is -2.06. The van der Waals surface area contributed by atoms with E-state index in [0.717, 1.165) is 14.5 Å². The Morgan fingerprint density at radius 3 is 2.48 bits per heavy atom. The summed E-state index contributed by atoms with van der Waals surface area (Å²) in [5.41, 5.74) is 3.17. The molecule has 2 rings (SSSR count). The normalized spacial score (nSPS) is 10.6. The SMILES string of the molecule is COc1ccc(/C=N/NC(=O)COc2ccc(Br)cc2Br)cc1OC. The Kier molecular flexibility index (Phi) is 7.27. The first-order chi connectivity index (χ1) is 12.0. The van der Waals surface area contributed by atoms with Gasteiger partial charge in [-0.15, -0.1) is 0 Å². The molecule has 2 aromatic rings. The minimum Gasteiger partial charge on any atom is -0.493 e. The monoisotopic (exact) mass is 470 g/mol. The molecule has 0 aliphatic heterocycles. The second-order valence-corrected chi connectivity index (χ2v) is 6.54. The Morgan fingerprint density at radius 1 is 1.08 bits per heavy atom.